The first kappa shape index (κ1) is 14.8. The lowest BCUT2D eigenvalue weighted by Gasteiger charge is -2.32. The fraction of sp³-hybridized carbons (Fsp3) is 0.357. The van der Waals surface area contributed by atoms with Gasteiger partial charge in [-0.2, -0.15) is 5.26 Å². The number of aliphatic carboxylic acids is 1. The molecule has 1 aromatic rings. The average Bonchev–Trinajstić information content (AvgIpc) is 2.48. The van der Waals surface area contributed by atoms with Crippen molar-refractivity contribution in [3.05, 3.63) is 29.6 Å². The maximum absolute atomic E-state index is 13.0. The van der Waals surface area contributed by atoms with E-state index in [1.54, 1.807) is 6.07 Å². The molecule has 6 nitrogen and oxygen atoms in total. The van der Waals surface area contributed by atoms with E-state index in [4.69, 9.17) is 10.4 Å². The summed E-state index contributed by atoms with van der Waals surface area (Å²) in [4.78, 5) is 24.6. The Bertz CT molecular complexity index is 612. The lowest BCUT2D eigenvalue weighted by atomic mass is 10.0. The van der Waals surface area contributed by atoms with Crippen LogP contribution in [0.25, 0.3) is 0 Å². The molecule has 1 aliphatic heterocycles. The molecule has 0 aliphatic carbocycles. The number of rotatable bonds is 2. The van der Waals surface area contributed by atoms with Crippen LogP contribution < -0.4 is 5.32 Å². The molecular weight excluding hydrogens is 277 g/mol. The van der Waals surface area contributed by atoms with E-state index < -0.39 is 23.9 Å². The van der Waals surface area contributed by atoms with Crippen molar-refractivity contribution in [3.8, 4) is 6.07 Å². The van der Waals surface area contributed by atoms with E-state index >= 15 is 0 Å². The summed E-state index contributed by atoms with van der Waals surface area (Å²) < 4.78 is 13.0. The summed E-state index contributed by atoms with van der Waals surface area (Å²) in [5, 5.41) is 20.5. The molecular formula is C14H14FN3O3. The number of amides is 2. The summed E-state index contributed by atoms with van der Waals surface area (Å²) in [6.45, 7) is 0.339. The first-order valence-corrected chi connectivity index (χ1v) is 6.53. The SMILES string of the molecule is N#Cc1cc(F)ccc1NC(=O)N1CCCCC1C(=O)O. The van der Waals surface area contributed by atoms with Gasteiger partial charge in [0.25, 0.3) is 0 Å². The molecule has 2 rings (SSSR count). The summed E-state index contributed by atoms with van der Waals surface area (Å²) in [5.74, 6) is -1.63. The van der Waals surface area contributed by atoms with Crippen LogP contribution in [0.15, 0.2) is 18.2 Å². The molecule has 1 saturated heterocycles. The van der Waals surface area contributed by atoms with Gasteiger partial charge >= 0.3 is 12.0 Å². The number of nitriles is 1. The van der Waals surface area contributed by atoms with Crippen molar-refractivity contribution in [1.82, 2.24) is 4.90 Å². The Morgan fingerprint density at radius 2 is 2.19 bits per heavy atom. The fourth-order valence-corrected chi connectivity index (χ4v) is 2.34. The first-order chi connectivity index (χ1) is 10.0. The van der Waals surface area contributed by atoms with Crippen LogP contribution in [-0.2, 0) is 4.79 Å². The smallest absolute Gasteiger partial charge is 0.326 e. The van der Waals surface area contributed by atoms with E-state index in [1.165, 1.54) is 11.0 Å². The van der Waals surface area contributed by atoms with Crippen molar-refractivity contribution in [3.63, 3.8) is 0 Å². The number of nitrogens with one attached hydrogen (secondary N) is 1. The van der Waals surface area contributed by atoms with Gasteiger partial charge in [-0.1, -0.05) is 0 Å². The second-order valence-corrected chi connectivity index (χ2v) is 4.78. The highest BCUT2D eigenvalue weighted by atomic mass is 19.1. The van der Waals surface area contributed by atoms with Gasteiger partial charge in [-0.25, -0.2) is 14.0 Å². The molecule has 1 aliphatic rings. The van der Waals surface area contributed by atoms with Crippen molar-refractivity contribution in [1.29, 1.82) is 5.26 Å². The second-order valence-electron chi connectivity index (χ2n) is 4.78. The number of carbonyl (C=O) groups excluding carboxylic acids is 1. The number of likely N-dealkylation sites (tertiary alicyclic amines) is 1. The van der Waals surface area contributed by atoms with E-state index in [0.717, 1.165) is 25.0 Å². The van der Waals surface area contributed by atoms with Gasteiger partial charge in [0.1, 0.15) is 17.9 Å². The summed E-state index contributed by atoms with van der Waals surface area (Å²) in [6, 6.07) is 3.75. The molecule has 2 N–H and O–H groups in total. The number of carboxylic acids is 1. The molecule has 1 atom stereocenters. The van der Waals surface area contributed by atoms with Crippen LogP contribution in [0.2, 0.25) is 0 Å². The Hall–Kier alpha value is -2.62. The molecule has 7 heteroatoms. The maximum Gasteiger partial charge on any atom is 0.326 e. The molecule has 1 fully saturated rings. The number of hydrogen-bond acceptors (Lipinski definition) is 3. The van der Waals surface area contributed by atoms with E-state index in [-0.39, 0.29) is 11.3 Å². The van der Waals surface area contributed by atoms with Gasteiger partial charge in [0.15, 0.2) is 0 Å². The number of benzene rings is 1. The van der Waals surface area contributed by atoms with Gasteiger partial charge in [0.05, 0.1) is 11.3 Å². The number of halogens is 1. The van der Waals surface area contributed by atoms with Crippen molar-refractivity contribution in [2.45, 2.75) is 25.3 Å². The molecule has 0 radical (unpaired) electrons. The highest BCUT2D eigenvalue weighted by Crippen LogP contribution is 2.21. The highest BCUT2D eigenvalue weighted by Gasteiger charge is 2.32. The van der Waals surface area contributed by atoms with Crippen LogP contribution in [0.1, 0.15) is 24.8 Å². The number of urea groups is 1. The molecule has 0 bridgehead atoms. The van der Waals surface area contributed by atoms with Gasteiger partial charge < -0.3 is 15.3 Å². The second kappa shape index (κ2) is 6.22. The Labute approximate surface area is 120 Å². The van der Waals surface area contributed by atoms with Crippen molar-refractivity contribution >= 4 is 17.7 Å². The Morgan fingerprint density at radius 3 is 2.86 bits per heavy atom. The predicted octanol–water partition coefficient (Wildman–Crippen LogP) is 2.17. The molecule has 0 saturated carbocycles. The van der Waals surface area contributed by atoms with Crippen LogP contribution in [-0.4, -0.2) is 34.6 Å². The fourth-order valence-electron chi connectivity index (χ4n) is 2.34. The predicted molar refractivity (Wildman–Crippen MR) is 72.1 cm³/mol. The van der Waals surface area contributed by atoms with Crippen molar-refractivity contribution < 1.29 is 19.1 Å². The van der Waals surface area contributed by atoms with Gasteiger partial charge in [0, 0.05) is 6.54 Å². The number of hydrogen-bond donors (Lipinski definition) is 2. The third-order valence-electron chi connectivity index (χ3n) is 3.39. The zero-order valence-electron chi connectivity index (χ0n) is 11.2. The Balaban J connectivity index is 2.17. The number of piperidine rings is 1. The van der Waals surface area contributed by atoms with Crippen molar-refractivity contribution in [2.75, 3.05) is 11.9 Å². The zero-order valence-corrected chi connectivity index (χ0v) is 11.2. The molecule has 21 heavy (non-hydrogen) atoms. The van der Waals surface area contributed by atoms with E-state index in [1.807, 2.05) is 0 Å². The topological polar surface area (TPSA) is 93.4 Å². The quantitative estimate of drug-likeness (QED) is 0.873. The minimum Gasteiger partial charge on any atom is -0.480 e. The number of carboxylic acid groups (broad SMARTS) is 1. The van der Waals surface area contributed by atoms with Gasteiger partial charge in [-0.3, -0.25) is 0 Å². The summed E-state index contributed by atoms with van der Waals surface area (Å²) in [7, 11) is 0. The largest absolute Gasteiger partial charge is 0.480 e. The van der Waals surface area contributed by atoms with E-state index in [2.05, 4.69) is 5.32 Å². The third-order valence-corrected chi connectivity index (χ3v) is 3.39. The maximum atomic E-state index is 13.0. The summed E-state index contributed by atoms with van der Waals surface area (Å²) >= 11 is 0. The Kier molecular flexibility index (Phi) is 4.38. The minimum absolute atomic E-state index is 0.00719. The highest BCUT2D eigenvalue weighted by molar-refractivity contribution is 5.93. The molecule has 0 spiro atoms. The molecule has 1 aromatic carbocycles. The summed E-state index contributed by atoms with van der Waals surface area (Å²) in [5.41, 5.74) is 0.158. The van der Waals surface area contributed by atoms with Gasteiger partial charge in [-0.05, 0) is 37.5 Å². The average molecular weight is 291 g/mol. The Morgan fingerprint density at radius 1 is 1.43 bits per heavy atom. The first-order valence-electron chi connectivity index (χ1n) is 6.53. The van der Waals surface area contributed by atoms with E-state index in [0.29, 0.717) is 13.0 Å². The number of carbonyl (C=O) groups is 2. The van der Waals surface area contributed by atoms with Gasteiger partial charge in [0.2, 0.25) is 0 Å². The molecule has 0 aromatic heterocycles. The van der Waals surface area contributed by atoms with Gasteiger partial charge in [-0.15, -0.1) is 0 Å². The van der Waals surface area contributed by atoms with Crippen LogP contribution in [0.5, 0.6) is 0 Å². The standard InChI is InChI=1S/C14H14FN3O3/c15-10-4-5-11(9(7-10)8-16)17-14(21)18-6-2-1-3-12(18)13(19)20/h4-5,7,12H,1-3,6H2,(H,17,21)(H,19,20). The van der Waals surface area contributed by atoms with Crippen molar-refractivity contribution in [2.24, 2.45) is 0 Å². The molecule has 1 unspecified atom stereocenters. The zero-order chi connectivity index (χ0) is 15.4. The van der Waals surface area contributed by atoms with Crippen LogP contribution >= 0.6 is 0 Å². The lowest BCUT2D eigenvalue weighted by molar-refractivity contribution is -0.143. The van der Waals surface area contributed by atoms with E-state index in [9.17, 15) is 14.0 Å². The lowest BCUT2D eigenvalue weighted by Crippen LogP contribution is -2.49. The number of anilines is 1. The summed E-state index contributed by atoms with van der Waals surface area (Å²) in [6.07, 6.45) is 1.88. The molecule has 110 valence electrons. The van der Waals surface area contributed by atoms with Crippen LogP contribution in [0.4, 0.5) is 14.9 Å². The van der Waals surface area contributed by atoms with Crippen LogP contribution in [0.3, 0.4) is 0 Å². The minimum atomic E-state index is -1.05. The monoisotopic (exact) mass is 291 g/mol. The van der Waals surface area contributed by atoms with Crippen LogP contribution in [0, 0.1) is 17.1 Å². The number of nitrogens with zero attached hydrogens (tertiary/aromatic N) is 2. The normalized spacial score (nSPS) is 17.9. The molecule has 2 amide bonds. The molecule has 1 heterocycles. The third kappa shape index (κ3) is 3.28.